The fourth-order valence-electron chi connectivity index (χ4n) is 3.77. The molecule has 2 saturated heterocycles. The van der Waals surface area contributed by atoms with Gasteiger partial charge in [0, 0.05) is 6.61 Å². The molecule has 0 aromatic heterocycles. The summed E-state index contributed by atoms with van der Waals surface area (Å²) in [6, 6.07) is 0. The predicted octanol–water partition coefficient (Wildman–Crippen LogP) is -2.01. The molecule has 31 heavy (non-hydrogen) atoms. The van der Waals surface area contributed by atoms with Gasteiger partial charge in [-0.1, -0.05) is 39.0 Å². The van der Waals surface area contributed by atoms with E-state index in [9.17, 15) is 35.7 Å². The first-order valence-corrected chi connectivity index (χ1v) is 11.1. The fourth-order valence-corrected chi connectivity index (χ4v) is 3.77. The Bertz CT molecular complexity index is 492. The summed E-state index contributed by atoms with van der Waals surface area (Å²) >= 11 is 0. The van der Waals surface area contributed by atoms with Crippen LogP contribution in [0.1, 0.15) is 45.4 Å². The van der Waals surface area contributed by atoms with Crippen LogP contribution in [-0.2, 0) is 18.9 Å². The normalized spacial score (nSPS) is 41.4. The molecule has 2 rings (SSSR count). The predicted molar refractivity (Wildman–Crippen MR) is 106 cm³/mol. The molecule has 0 bridgehead atoms. The van der Waals surface area contributed by atoms with Crippen molar-refractivity contribution in [2.24, 2.45) is 0 Å². The molecule has 0 aliphatic carbocycles. The van der Waals surface area contributed by atoms with Crippen LogP contribution in [-0.4, -0.2) is 117 Å². The fraction of sp³-hybridized carbons (Fsp3) is 1.00. The molecule has 184 valence electrons. The smallest absolute Gasteiger partial charge is 0.187 e. The molecule has 2 aliphatic rings. The van der Waals surface area contributed by atoms with Crippen molar-refractivity contribution < 1.29 is 54.7 Å². The molecule has 7 N–H and O–H groups in total. The highest BCUT2D eigenvalue weighted by molar-refractivity contribution is 4.94. The number of hydrogen-bond acceptors (Lipinski definition) is 11. The first-order valence-electron chi connectivity index (χ1n) is 11.1. The number of aliphatic hydroxyl groups is 7. The molecule has 0 unspecified atom stereocenters. The maximum absolute atomic E-state index is 10.5. The zero-order chi connectivity index (χ0) is 23.0. The van der Waals surface area contributed by atoms with Crippen molar-refractivity contribution in [1.29, 1.82) is 0 Å². The van der Waals surface area contributed by atoms with Gasteiger partial charge in [-0.3, -0.25) is 0 Å². The van der Waals surface area contributed by atoms with Crippen LogP contribution in [0.2, 0.25) is 0 Å². The van der Waals surface area contributed by atoms with Gasteiger partial charge in [-0.2, -0.15) is 0 Å². The largest absolute Gasteiger partial charge is 0.394 e. The van der Waals surface area contributed by atoms with Crippen LogP contribution in [0.3, 0.4) is 0 Å². The molecule has 0 amide bonds. The topological polar surface area (TPSA) is 179 Å². The molecular formula is C20H38O11. The third kappa shape index (κ3) is 7.02. The monoisotopic (exact) mass is 454 g/mol. The Hall–Kier alpha value is -0.440. The molecule has 0 spiro atoms. The molecule has 11 heteroatoms. The van der Waals surface area contributed by atoms with Gasteiger partial charge in [0.05, 0.1) is 13.2 Å². The molecule has 0 aromatic rings. The second kappa shape index (κ2) is 13.3. The van der Waals surface area contributed by atoms with E-state index in [1.54, 1.807) is 0 Å². The molecule has 2 aliphatic heterocycles. The first kappa shape index (κ1) is 26.8. The molecular weight excluding hydrogens is 416 g/mol. The first-order chi connectivity index (χ1) is 14.8. The maximum atomic E-state index is 10.5. The number of aliphatic hydroxyl groups excluding tert-OH is 7. The molecule has 10 atom stereocenters. The van der Waals surface area contributed by atoms with Gasteiger partial charge in [0.25, 0.3) is 0 Å². The van der Waals surface area contributed by atoms with E-state index in [-0.39, 0.29) is 0 Å². The van der Waals surface area contributed by atoms with Crippen LogP contribution in [0.15, 0.2) is 0 Å². The zero-order valence-corrected chi connectivity index (χ0v) is 17.9. The average Bonchev–Trinajstić information content (AvgIpc) is 2.77. The zero-order valence-electron chi connectivity index (χ0n) is 17.9. The summed E-state index contributed by atoms with van der Waals surface area (Å²) in [6.07, 6.45) is -7.98. The van der Waals surface area contributed by atoms with E-state index in [0.29, 0.717) is 6.61 Å². The Kier molecular flexibility index (Phi) is 11.5. The lowest BCUT2D eigenvalue weighted by atomic mass is 9.97. The Balaban J connectivity index is 1.90. The van der Waals surface area contributed by atoms with Crippen molar-refractivity contribution in [3.8, 4) is 0 Å². The van der Waals surface area contributed by atoms with E-state index in [1.807, 2.05) is 0 Å². The van der Waals surface area contributed by atoms with Gasteiger partial charge < -0.3 is 54.7 Å². The Morgan fingerprint density at radius 1 is 0.645 bits per heavy atom. The highest BCUT2D eigenvalue weighted by atomic mass is 16.7. The van der Waals surface area contributed by atoms with Crippen molar-refractivity contribution >= 4 is 0 Å². The number of hydrogen-bond donors (Lipinski definition) is 7. The van der Waals surface area contributed by atoms with Crippen molar-refractivity contribution in [1.82, 2.24) is 0 Å². The van der Waals surface area contributed by atoms with Crippen LogP contribution >= 0.6 is 0 Å². The van der Waals surface area contributed by atoms with E-state index < -0.39 is 74.6 Å². The molecule has 0 radical (unpaired) electrons. The minimum atomic E-state index is -1.69. The summed E-state index contributed by atoms with van der Waals surface area (Å²) in [7, 11) is 0. The maximum Gasteiger partial charge on any atom is 0.187 e. The van der Waals surface area contributed by atoms with Crippen LogP contribution in [0.5, 0.6) is 0 Å². The summed E-state index contributed by atoms with van der Waals surface area (Å²) in [5.74, 6) is 0. The van der Waals surface area contributed by atoms with E-state index in [1.165, 1.54) is 6.42 Å². The van der Waals surface area contributed by atoms with Gasteiger partial charge >= 0.3 is 0 Å². The van der Waals surface area contributed by atoms with Crippen LogP contribution in [0.4, 0.5) is 0 Å². The summed E-state index contributed by atoms with van der Waals surface area (Å²) in [6.45, 7) is 1.23. The second-order valence-corrected chi connectivity index (χ2v) is 8.14. The van der Waals surface area contributed by atoms with Gasteiger partial charge in [-0.15, -0.1) is 0 Å². The van der Waals surface area contributed by atoms with Gasteiger partial charge in [0.2, 0.25) is 0 Å². The average molecular weight is 455 g/mol. The number of rotatable bonds is 12. The van der Waals surface area contributed by atoms with Crippen LogP contribution < -0.4 is 0 Å². The summed E-state index contributed by atoms with van der Waals surface area (Å²) in [4.78, 5) is 0. The number of ether oxygens (including phenoxy) is 4. The van der Waals surface area contributed by atoms with E-state index >= 15 is 0 Å². The molecule has 11 nitrogen and oxygen atoms in total. The lowest BCUT2D eigenvalue weighted by Crippen LogP contribution is -2.64. The lowest BCUT2D eigenvalue weighted by molar-refractivity contribution is -0.359. The summed E-state index contributed by atoms with van der Waals surface area (Å²) in [5.41, 5.74) is 0. The Morgan fingerprint density at radius 2 is 1.23 bits per heavy atom. The number of unbranched alkanes of at least 4 members (excludes halogenated alkanes) is 5. The van der Waals surface area contributed by atoms with E-state index in [4.69, 9.17) is 18.9 Å². The molecule has 2 fully saturated rings. The van der Waals surface area contributed by atoms with Crippen molar-refractivity contribution in [3.05, 3.63) is 0 Å². The highest BCUT2D eigenvalue weighted by Crippen LogP contribution is 2.29. The third-order valence-electron chi connectivity index (χ3n) is 5.74. The van der Waals surface area contributed by atoms with Gasteiger partial charge in [-0.05, 0) is 6.42 Å². The van der Waals surface area contributed by atoms with Crippen molar-refractivity contribution in [2.75, 3.05) is 19.8 Å². The van der Waals surface area contributed by atoms with Crippen molar-refractivity contribution in [3.63, 3.8) is 0 Å². The third-order valence-corrected chi connectivity index (χ3v) is 5.74. The quantitative estimate of drug-likeness (QED) is 0.162. The minimum absolute atomic E-state index is 0.316. The summed E-state index contributed by atoms with van der Waals surface area (Å²) in [5, 5.41) is 69.7. The standard InChI is InChI=1S/C20H38O11/c1-2-3-4-5-6-7-8-28-19-17(27)15(25)18(12(10-22)30-19)31-20-16(26)14(24)13(23)11(9-21)29-20/h11-27H,2-10H2,1H3/t11-,12-,13-,14+,15-,16-,17-,18-,19-,20+/m1/s1. The lowest BCUT2D eigenvalue weighted by Gasteiger charge is -2.45. The van der Waals surface area contributed by atoms with Gasteiger partial charge in [0.1, 0.15) is 48.8 Å². The van der Waals surface area contributed by atoms with Gasteiger partial charge in [0.15, 0.2) is 12.6 Å². The minimum Gasteiger partial charge on any atom is -0.394 e. The van der Waals surface area contributed by atoms with Crippen LogP contribution in [0.25, 0.3) is 0 Å². The Morgan fingerprint density at radius 3 is 1.87 bits per heavy atom. The second-order valence-electron chi connectivity index (χ2n) is 8.14. The van der Waals surface area contributed by atoms with Gasteiger partial charge in [-0.25, -0.2) is 0 Å². The molecule has 0 saturated carbocycles. The SMILES string of the molecule is CCCCCCCCO[C@@H]1O[C@H](CO)[C@@H](O[C@@H]2O[C@H](CO)[C@@H](O)[C@H](O)[C@H]2O)[C@H](O)[C@H]1O. The Labute approximate surface area is 182 Å². The van der Waals surface area contributed by atoms with E-state index in [2.05, 4.69) is 6.92 Å². The molecule has 0 aromatic carbocycles. The van der Waals surface area contributed by atoms with Crippen LogP contribution in [0, 0.1) is 0 Å². The van der Waals surface area contributed by atoms with E-state index in [0.717, 1.165) is 32.1 Å². The highest BCUT2D eigenvalue weighted by Gasteiger charge is 2.50. The van der Waals surface area contributed by atoms with Crippen molar-refractivity contribution in [2.45, 2.75) is 107 Å². The summed E-state index contributed by atoms with van der Waals surface area (Å²) < 4.78 is 21.9. The molecule has 2 heterocycles.